The Morgan fingerprint density at radius 2 is 2.09 bits per heavy atom. The van der Waals surface area contributed by atoms with E-state index in [1.54, 1.807) is 6.92 Å². The number of amides is 1. The van der Waals surface area contributed by atoms with Gasteiger partial charge in [-0.2, -0.15) is 0 Å². The number of rotatable bonds is 1. The van der Waals surface area contributed by atoms with Crippen molar-refractivity contribution in [3.63, 3.8) is 0 Å². The molecule has 0 aromatic rings. The highest BCUT2D eigenvalue weighted by molar-refractivity contribution is 7.13. The van der Waals surface area contributed by atoms with Crippen LogP contribution in [-0.4, -0.2) is 29.7 Å². The van der Waals surface area contributed by atoms with Gasteiger partial charge in [-0.1, -0.05) is 9.39 Å². The van der Waals surface area contributed by atoms with Crippen molar-refractivity contribution >= 4 is 15.3 Å². The van der Waals surface area contributed by atoms with E-state index in [2.05, 4.69) is 19.4 Å². The normalized spacial score (nSPS) is 21.6. The van der Waals surface area contributed by atoms with Gasteiger partial charge in [-0.15, -0.1) is 0 Å². The summed E-state index contributed by atoms with van der Waals surface area (Å²) in [6.45, 7) is 3.71. The summed E-state index contributed by atoms with van der Waals surface area (Å²) in [5.41, 5.74) is 0. The summed E-state index contributed by atoms with van der Waals surface area (Å²) in [5.74, 6) is 0.0900. The van der Waals surface area contributed by atoms with E-state index >= 15 is 0 Å². The van der Waals surface area contributed by atoms with Crippen LogP contribution in [-0.2, 0) is 4.79 Å². The first kappa shape index (κ1) is 8.95. The Balaban J connectivity index is 2.22. The van der Waals surface area contributed by atoms with Gasteiger partial charge < -0.3 is 5.32 Å². The maximum absolute atomic E-state index is 10.7. The Labute approximate surface area is 69.8 Å². The second-order valence-corrected chi connectivity index (χ2v) is 3.74. The van der Waals surface area contributed by atoms with Gasteiger partial charge in [-0.25, -0.2) is 0 Å². The zero-order valence-electron chi connectivity index (χ0n) is 6.84. The van der Waals surface area contributed by atoms with Crippen LogP contribution < -0.4 is 5.32 Å². The van der Waals surface area contributed by atoms with E-state index in [1.807, 2.05) is 0 Å². The summed E-state index contributed by atoms with van der Waals surface area (Å²) in [6.07, 6.45) is 2.14. The standard InChI is InChI=1S/C7H15N2OP/c1-6(10)8-7-2-4-9(11)5-3-7/h7H,2-5,11H2,1H3,(H,8,10). The molecule has 0 aromatic heterocycles. The number of hydrogen-bond donors (Lipinski definition) is 1. The summed E-state index contributed by atoms with van der Waals surface area (Å²) in [7, 11) is 2.69. The maximum atomic E-state index is 10.7. The van der Waals surface area contributed by atoms with Crippen LogP contribution in [0.3, 0.4) is 0 Å². The van der Waals surface area contributed by atoms with Crippen LogP contribution in [0.4, 0.5) is 0 Å². The number of piperidine rings is 1. The van der Waals surface area contributed by atoms with E-state index in [1.165, 1.54) is 0 Å². The third-order valence-electron chi connectivity index (χ3n) is 1.94. The minimum Gasteiger partial charge on any atom is -0.354 e. The molecule has 1 heterocycles. The molecule has 1 aliphatic rings. The molecule has 64 valence electrons. The molecule has 1 amide bonds. The van der Waals surface area contributed by atoms with Crippen molar-refractivity contribution in [2.45, 2.75) is 25.8 Å². The Kier molecular flexibility index (Phi) is 3.28. The summed E-state index contributed by atoms with van der Waals surface area (Å²) in [5, 5.41) is 2.93. The van der Waals surface area contributed by atoms with Gasteiger partial charge in [0.25, 0.3) is 0 Å². The largest absolute Gasteiger partial charge is 0.354 e. The number of hydrogen-bond acceptors (Lipinski definition) is 2. The second-order valence-electron chi connectivity index (χ2n) is 3.01. The minimum atomic E-state index is 0.0900. The van der Waals surface area contributed by atoms with Gasteiger partial charge in [0.1, 0.15) is 0 Å². The van der Waals surface area contributed by atoms with E-state index in [-0.39, 0.29) is 5.91 Å². The number of carbonyl (C=O) groups excluding carboxylic acids is 1. The Morgan fingerprint density at radius 3 is 2.55 bits per heavy atom. The van der Waals surface area contributed by atoms with Crippen molar-refractivity contribution in [3.05, 3.63) is 0 Å². The van der Waals surface area contributed by atoms with Gasteiger partial charge in [0.2, 0.25) is 5.91 Å². The third-order valence-corrected chi connectivity index (χ3v) is 2.45. The molecule has 1 rings (SSSR count). The summed E-state index contributed by atoms with van der Waals surface area (Å²) >= 11 is 0. The molecule has 0 saturated carbocycles. The first-order valence-corrected chi connectivity index (χ1v) is 4.47. The molecule has 1 aliphatic heterocycles. The van der Waals surface area contributed by atoms with E-state index < -0.39 is 0 Å². The van der Waals surface area contributed by atoms with Crippen molar-refractivity contribution in [1.29, 1.82) is 0 Å². The minimum absolute atomic E-state index is 0.0900. The molecule has 0 radical (unpaired) electrons. The van der Waals surface area contributed by atoms with Crippen LogP contribution in [0.25, 0.3) is 0 Å². The molecule has 4 heteroatoms. The zero-order chi connectivity index (χ0) is 8.27. The number of nitrogens with zero attached hydrogens (tertiary/aromatic N) is 1. The lowest BCUT2D eigenvalue weighted by Crippen LogP contribution is -2.40. The van der Waals surface area contributed by atoms with Crippen LogP contribution in [0, 0.1) is 0 Å². The Hall–Kier alpha value is -0.140. The average molecular weight is 174 g/mol. The molecule has 0 spiro atoms. The quantitative estimate of drug-likeness (QED) is 0.583. The van der Waals surface area contributed by atoms with Crippen molar-refractivity contribution in [1.82, 2.24) is 9.99 Å². The number of carbonyl (C=O) groups is 1. The SMILES string of the molecule is CC(=O)NC1CCN(P)CC1. The van der Waals surface area contributed by atoms with E-state index in [4.69, 9.17) is 0 Å². The van der Waals surface area contributed by atoms with Gasteiger partial charge in [-0.3, -0.25) is 9.46 Å². The molecule has 11 heavy (non-hydrogen) atoms. The predicted octanol–water partition coefficient (Wildman–Crippen LogP) is 0.377. The summed E-state index contributed by atoms with van der Waals surface area (Å²) in [4.78, 5) is 10.7. The highest BCUT2D eigenvalue weighted by Crippen LogP contribution is 2.12. The molecule has 1 fully saturated rings. The molecule has 0 aliphatic carbocycles. The fourth-order valence-corrected chi connectivity index (χ4v) is 1.63. The van der Waals surface area contributed by atoms with Crippen LogP contribution in [0.15, 0.2) is 0 Å². The lowest BCUT2D eigenvalue weighted by molar-refractivity contribution is -0.119. The smallest absolute Gasteiger partial charge is 0.217 e. The number of nitrogens with one attached hydrogen (secondary N) is 1. The Morgan fingerprint density at radius 1 is 1.55 bits per heavy atom. The van der Waals surface area contributed by atoms with Crippen LogP contribution in [0.2, 0.25) is 0 Å². The van der Waals surface area contributed by atoms with Gasteiger partial charge in [0.05, 0.1) is 0 Å². The summed E-state index contributed by atoms with van der Waals surface area (Å²) < 4.78 is 2.21. The van der Waals surface area contributed by atoms with Crippen molar-refractivity contribution in [2.24, 2.45) is 0 Å². The van der Waals surface area contributed by atoms with Gasteiger partial charge in [0.15, 0.2) is 0 Å². The highest BCUT2D eigenvalue weighted by atomic mass is 31.0. The van der Waals surface area contributed by atoms with Gasteiger partial charge in [0, 0.05) is 26.1 Å². The summed E-state index contributed by atoms with van der Waals surface area (Å²) in [6, 6.07) is 0.407. The molecule has 1 atom stereocenters. The van der Waals surface area contributed by atoms with Crippen molar-refractivity contribution < 1.29 is 4.79 Å². The lowest BCUT2D eigenvalue weighted by Gasteiger charge is -2.28. The lowest BCUT2D eigenvalue weighted by atomic mass is 10.1. The van der Waals surface area contributed by atoms with Crippen LogP contribution >= 0.6 is 9.39 Å². The van der Waals surface area contributed by atoms with E-state index in [0.29, 0.717) is 6.04 Å². The van der Waals surface area contributed by atoms with Crippen LogP contribution in [0.5, 0.6) is 0 Å². The topological polar surface area (TPSA) is 32.3 Å². The van der Waals surface area contributed by atoms with Gasteiger partial charge >= 0.3 is 0 Å². The van der Waals surface area contributed by atoms with E-state index in [9.17, 15) is 4.79 Å². The first-order valence-electron chi connectivity index (χ1n) is 3.95. The van der Waals surface area contributed by atoms with E-state index in [0.717, 1.165) is 25.9 Å². The predicted molar refractivity (Wildman–Crippen MR) is 48.1 cm³/mol. The molecule has 1 saturated heterocycles. The molecule has 1 unspecified atom stereocenters. The highest BCUT2D eigenvalue weighted by Gasteiger charge is 2.16. The molecular weight excluding hydrogens is 159 g/mol. The zero-order valence-corrected chi connectivity index (χ0v) is 7.99. The maximum Gasteiger partial charge on any atom is 0.217 e. The van der Waals surface area contributed by atoms with Gasteiger partial charge in [-0.05, 0) is 12.8 Å². The fraction of sp³-hybridized carbons (Fsp3) is 0.857. The van der Waals surface area contributed by atoms with Crippen LogP contribution in [0.1, 0.15) is 19.8 Å². The molecule has 3 nitrogen and oxygen atoms in total. The average Bonchev–Trinajstić information content (AvgIpc) is 1.93. The molecule has 0 bridgehead atoms. The molecular formula is C7H15N2OP. The monoisotopic (exact) mass is 174 g/mol. The molecule has 1 N–H and O–H groups in total. The van der Waals surface area contributed by atoms with Crippen molar-refractivity contribution in [3.8, 4) is 0 Å². The Bertz CT molecular complexity index is 143. The fourth-order valence-electron chi connectivity index (χ4n) is 1.33. The first-order chi connectivity index (χ1) is 5.18. The van der Waals surface area contributed by atoms with Crippen molar-refractivity contribution in [2.75, 3.05) is 13.1 Å². The molecule has 0 aromatic carbocycles. The second kappa shape index (κ2) is 4.03. The third kappa shape index (κ3) is 3.17.